The zero-order valence-corrected chi connectivity index (χ0v) is 11.3. The molecule has 0 spiro atoms. The molecule has 1 aliphatic heterocycles. The quantitative estimate of drug-likeness (QED) is 0.927. The molecule has 16 heavy (non-hydrogen) atoms. The topological polar surface area (TPSA) is 29.5 Å². The van der Waals surface area contributed by atoms with E-state index in [2.05, 4.69) is 15.9 Å². The summed E-state index contributed by atoms with van der Waals surface area (Å²) in [5, 5.41) is 9.93. The Labute approximate surface area is 109 Å². The molecule has 1 saturated heterocycles. The molecule has 0 saturated carbocycles. The Bertz CT molecular complexity index is 340. The van der Waals surface area contributed by atoms with E-state index in [4.69, 9.17) is 4.74 Å². The number of benzene rings is 1. The zero-order chi connectivity index (χ0) is 11.4. The Balaban J connectivity index is 1.82. The first-order valence-corrected chi connectivity index (χ1v) is 7.34. The van der Waals surface area contributed by atoms with Crippen molar-refractivity contribution in [2.75, 3.05) is 18.1 Å². The molecule has 0 radical (unpaired) electrons. The average molecular weight is 303 g/mol. The fourth-order valence-electron chi connectivity index (χ4n) is 1.73. The first kappa shape index (κ1) is 12.3. The van der Waals surface area contributed by atoms with Crippen molar-refractivity contribution >= 4 is 27.7 Å². The van der Waals surface area contributed by atoms with E-state index in [-0.39, 0.29) is 6.10 Å². The van der Waals surface area contributed by atoms with Gasteiger partial charge in [0.15, 0.2) is 0 Å². The van der Waals surface area contributed by atoms with E-state index >= 15 is 0 Å². The van der Waals surface area contributed by atoms with Crippen LogP contribution in [0.5, 0.6) is 5.75 Å². The Morgan fingerprint density at radius 3 is 3.12 bits per heavy atom. The Hall–Kier alpha value is -0.190. The van der Waals surface area contributed by atoms with Gasteiger partial charge in [0.05, 0.1) is 6.10 Å². The summed E-state index contributed by atoms with van der Waals surface area (Å²) in [6.45, 7) is 0.391. The van der Waals surface area contributed by atoms with Gasteiger partial charge in [-0.1, -0.05) is 22.0 Å². The van der Waals surface area contributed by atoms with Gasteiger partial charge in [-0.05, 0) is 42.0 Å². The molecule has 88 valence electrons. The lowest BCUT2D eigenvalue weighted by molar-refractivity contribution is 0.0663. The number of thioether (sulfide) groups is 1. The number of hydrogen-bond donors (Lipinski definition) is 1. The summed E-state index contributed by atoms with van der Waals surface area (Å²) < 4.78 is 6.57. The maximum atomic E-state index is 9.93. The molecule has 2 unspecified atom stereocenters. The van der Waals surface area contributed by atoms with E-state index < -0.39 is 0 Å². The van der Waals surface area contributed by atoms with Crippen molar-refractivity contribution in [3.05, 3.63) is 28.7 Å². The highest BCUT2D eigenvalue weighted by molar-refractivity contribution is 9.10. The summed E-state index contributed by atoms with van der Waals surface area (Å²) in [4.78, 5) is 0. The minimum Gasteiger partial charge on any atom is -0.491 e. The molecule has 2 rings (SSSR count). The maximum absolute atomic E-state index is 9.93. The average Bonchev–Trinajstić information content (AvgIpc) is 2.79. The molecular weight excluding hydrogens is 288 g/mol. The molecule has 4 heteroatoms. The van der Waals surface area contributed by atoms with Crippen LogP contribution in [0, 0.1) is 5.92 Å². The predicted molar refractivity (Wildman–Crippen MR) is 71.1 cm³/mol. The van der Waals surface area contributed by atoms with E-state index in [0.29, 0.717) is 12.5 Å². The zero-order valence-electron chi connectivity index (χ0n) is 8.93. The molecule has 0 aliphatic carbocycles. The Morgan fingerprint density at radius 2 is 2.44 bits per heavy atom. The van der Waals surface area contributed by atoms with Crippen molar-refractivity contribution in [3.63, 3.8) is 0 Å². The molecule has 1 aromatic rings. The summed E-state index contributed by atoms with van der Waals surface area (Å²) in [5.41, 5.74) is 0. The number of ether oxygens (including phenoxy) is 1. The van der Waals surface area contributed by atoms with Crippen LogP contribution in [0.3, 0.4) is 0 Å². The lowest BCUT2D eigenvalue weighted by atomic mass is 10.0. The summed E-state index contributed by atoms with van der Waals surface area (Å²) in [6, 6.07) is 7.70. The van der Waals surface area contributed by atoms with Gasteiger partial charge in [-0.2, -0.15) is 11.8 Å². The number of hydrogen-bond acceptors (Lipinski definition) is 3. The third-order valence-electron chi connectivity index (χ3n) is 2.73. The fraction of sp³-hybridized carbons (Fsp3) is 0.500. The molecule has 1 heterocycles. The number of halogens is 1. The van der Waals surface area contributed by atoms with Gasteiger partial charge < -0.3 is 9.84 Å². The van der Waals surface area contributed by atoms with Gasteiger partial charge in [-0.15, -0.1) is 0 Å². The highest BCUT2D eigenvalue weighted by atomic mass is 79.9. The first-order chi connectivity index (χ1) is 7.75. The lowest BCUT2D eigenvalue weighted by Gasteiger charge is -2.17. The van der Waals surface area contributed by atoms with Gasteiger partial charge in [0, 0.05) is 4.47 Å². The van der Waals surface area contributed by atoms with Gasteiger partial charge in [0.2, 0.25) is 0 Å². The third kappa shape index (κ3) is 3.40. The Morgan fingerprint density at radius 1 is 1.56 bits per heavy atom. The standard InChI is InChI=1S/C12H15BrO2S/c13-10-2-1-3-11(6-10)15-7-12(14)9-4-5-16-8-9/h1-3,6,9,12,14H,4-5,7-8H2. The van der Waals surface area contributed by atoms with Gasteiger partial charge in [-0.25, -0.2) is 0 Å². The molecule has 1 N–H and O–H groups in total. The van der Waals surface area contributed by atoms with Crippen molar-refractivity contribution in [1.29, 1.82) is 0 Å². The minimum absolute atomic E-state index is 0.339. The van der Waals surface area contributed by atoms with E-state index in [9.17, 15) is 5.11 Å². The Kier molecular flexibility index (Phi) is 4.55. The monoisotopic (exact) mass is 302 g/mol. The molecule has 2 nitrogen and oxygen atoms in total. The molecule has 0 bridgehead atoms. The van der Waals surface area contributed by atoms with Gasteiger partial charge in [-0.3, -0.25) is 0 Å². The second-order valence-electron chi connectivity index (χ2n) is 3.96. The van der Waals surface area contributed by atoms with Crippen LogP contribution in [-0.4, -0.2) is 29.3 Å². The fourth-order valence-corrected chi connectivity index (χ4v) is 3.44. The summed E-state index contributed by atoms with van der Waals surface area (Å²) in [5.74, 6) is 3.43. The van der Waals surface area contributed by atoms with Crippen LogP contribution in [-0.2, 0) is 0 Å². The van der Waals surface area contributed by atoms with Crippen molar-refractivity contribution in [2.45, 2.75) is 12.5 Å². The van der Waals surface area contributed by atoms with Crippen LogP contribution < -0.4 is 4.74 Å². The van der Waals surface area contributed by atoms with Crippen LogP contribution in [0.4, 0.5) is 0 Å². The minimum atomic E-state index is -0.339. The highest BCUT2D eigenvalue weighted by Crippen LogP contribution is 2.26. The first-order valence-electron chi connectivity index (χ1n) is 5.40. The van der Waals surface area contributed by atoms with Gasteiger partial charge >= 0.3 is 0 Å². The number of aliphatic hydroxyl groups excluding tert-OH is 1. The van der Waals surface area contributed by atoms with Crippen molar-refractivity contribution in [1.82, 2.24) is 0 Å². The molecule has 0 amide bonds. The van der Waals surface area contributed by atoms with Crippen molar-refractivity contribution in [2.24, 2.45) is 5.92 Å². The molecule has 1 aliphatic rings. The van der Waals surface area contributed by atoms with Crippen LogP contribution in [0.1, 0.15) is 6.42 Å². The van der Waals surface area contributed by atoms with Gasteiger partial charge in [0.25, 0.3) is 0 Å². The molecule has 0 aromatic heterocycles. The highest BCUT2D eigenvalue weighted by Gasteiger charge is 2.23. The summed E-state index contributed by atoms with van der Waals surface area (Å²) in [7, 11) is 0. The van der Waals surface area contributed by atoms with E-state index in [1.54, 1.807) is 0 Å². The molecule has 1 fully saturated rings. The maximum Gasteiger partial charge on any atom is 0.120 e. The molecule has 1 aromatic carbocycles. The smallest absolute Gasteiger partial charge is 0.120 e. The molecular formula is C12H15BrO2S. The van der Waals surface area contributed by atoms with E-state index in [1.807, 2.05) is 36.0 Å². The second-order valence-corrected chi connectivity index (χ2v) is 6.02. The normalized spacial score (nSPS) is 22.0. The summed E-state index contributed by atoms with van der Waals surface area (Å²) in [6.07, 6.45) is 0.766. The van der Waals surface area contributed by atoms with Gasteiger partial charge in [0.1, 0.15) is 12.4 Å². The third-order valence-corrected chi connectivity index (χ3v) is 4.41. The lowest BCUT2D eigenvalue weighted by Crippen LogP contribution is -2.27. The molecule has 2 atom stereocenters. The van der Waals surface area contributed by atoms with E-state index in [1.165, 1.54) is 5.75 Å². The van der Waals surface area contributed by atoms with Crippen LogP contribution in [0.2, 0.25) is 0 Å². The van der Waals surface area contributed by atoms with Crippen LogP contribution in [0.25, 0.3) is 0 Å². The van der Waals surface area contributed by atoms with Crippen LogP contribution >= 0.6 is 27.7 Å². The second kappa shape index (κ2) is 5.94. The van der Waals surface area contributed by atoms with E-state index in [0.717, 1.165) is 22.4 Å². The van der Waals surface area contributed by atoms with Crippen molar-refractivity contribution < 1.29 is 9.84 Å². The predicted octanol–water partition coefficient (Wildman–Crippen LogP) is 2.94. The van der Waals surface area contributed by atoms with Crippen molar-refractivity contribution in [3.8, 4) is 5.75 Å². The summed E-state index contributed by atoms with van der Waals surface area (Å²) >= 11 is 5.30. The van der Waals surface area contributed by atoms with Crippen LogP contribution in [0.15, 0.2) is 28.7 Å². The number of aliphatic hydroxyl groups is 1. The SMILES string of the molecule is OC(COc1cccc(Br)c1)C1CCSC1. The number of rotatable bonds is 4. The largest absolute Gasteiger partial charge is 0.491 e.